The van der Waals surface area contributed by atoms with E-state index in [9.17, 15) is 13.2 Å². The lowest BCUT2D eigenvalue weighted by atomic mass is 10.1. The summed E-state index contributed by atoms with van der Waals surface area (Å²) in [6.07, 6.45) is 3.67. The topological polar surface area (TPSA) is 69.7 Å². The maximum atomic E-state index is 12.1. The van der Waals surface area contributed by atoms with Crippen LogP contribution in [0.15, 0.2) is 24.3 Å². The number of methoxy groups -OCH3 is 1. The minimum absolute atomic E-state index is 0.0292. The number of rotatable bonds is 5. The van der Waals surface area contributed by atoms with Gasteiger partial charge in [0.05, 0.1) is 17.4 Å². The average molecular weight is 312 g/mol. The minimum atomic E-state index is -3.07. The molecule has 1 aromatic carbocycles. The van der Waals surface area contributed by atoms with Crippen molar-refractivity contribution < 1.29 is 22.7 Å². The van der Waals surface area contributed by atoms with Crippen LogP contribution in [-0.4, -0.2) is 40.0 Å². The van der Waals surface area contributed by atoms with Crippen LogP contribution >= 0.6 is 0 Å². The van der Waals surface area contributed by atoms with Crippen molar-refractivity contribution in [3.05, 3.63) is 35.4 Å². The van der Waals surface area contributed by atoms with Crippen molar-refractivity contribution in [1.82, 2.24) is 0 Å². The summed E-state index contributed by atoms with van der Waals surface area (Å²) < 4.78 is 33.2. The summed E-state index contributed by atoms with van der Waals surface area (Å²) in [5.41, 5.74) is 1.08. The second-order valence-electron chi connectivity index (χ2n) is 5.42. The molecule has 2 rings (SSSR count). The number of hydrogen-bond acceptors (Lipinski definition) is 5. The van der Waals surface area contributed by atoms with Crippen molar-refractivity contribution >= 4 is 15.8 Å². The average Bonchev–Trinajstić information content (AvgIpc) is 2.85. The van der Waals surface area contributed by atoms with E-state index in [1.807, 2.05) is 0 Å². The Labute approximate surface area is 125 Å². The quantitative estimate of drug-likeness (QED) is 0.777. The molecule has 5 nitrogen and oxygen atoms in total. The normalized spacial score (nSPS) is 22.2. The Morgan fingerprint density at radius 1 is 1.19 bits per heavy atom. The van der Waals surface area contributed by atoms with Crippen molar-refractivity contribution in [3.63, 3.8) is 0 Å². The molecular formula is C15H20O5S. The van der Waals surface area contributed by atoms with Crippen LogP contribution in [0.4, 0.5) is 0 Å². The van der Waals surface area contributed by atoms with Crippen LogP contribution in [-0.2, 0) is 25.1 Å². The molecule has 6 heteroatoms. The second kappa shape index (κ2) is 6.58. The number of ether oxygens (including phenoxy) is 2. The van der Waals surface area contributed by atoms with Crippen LogP contribution < -0.4 is 0 Å². The Hall–Kier alpha value is -1.40. The summed E-state index contributed by atoms with van der Waals surface area (Å²) in [7, 11) is -1.45. The Morgan fingerprint density at radius 3 is 2.38 bits per heavy atom. The van der Waals surface area contributed by atoms with E-state index in [1.165, 1.54) is 6.26 Å². The van der Waals surface area contributed by atoms with Crippen molar-refractivity contribution in [2.45, 2.75) is 37.2 Å². The third-order valence-electron chi connectivity index (χ3n) is 3.57. The summed E-state index contributed by atoms with van der Waals surface area (Å²) in [5.74, 6) is -0.425. The van der Waals surface area contributed by atoms with Crippen LogP contribution in [0.25, 0.3) is 0 Å². The monoisotopic (exact) mass is 312 g/mol. The standard InChI is InChI=1S/C15H20O5S/c1-19-13-4-3-5-14(13)20-15(16)12-8-6-11(7-9-12)10-21(2,17)18/h6-9,13-14H,3-5,10H2,1-2H3/t13-,14+/m1/s1. The summed E-state index contributed by atoms with van der Waals surface area (Å²) in [6.45, 7) is 0. The van der Waals surface area contributed by atoms with Crippen molar-refractivity contribution in [2.75, 3.05) is 13.4 Å². The first-order chi connectivity index (χ1) is 9.89. The van der Waals surface area contributed by atoms with E-state index in [0.717, 1.165) is 19.3 Å². The molecule has 0 unspecified atom stereocenters. The molecule has 1 saturated carbocycles. The second-order valence-corrected chi connectivity index (χ2v) is 7.56. The lowest BCUT2D eigenvalue weighted by Gasteiger charge is -2.18. The van der Waals surface area contributed by atoms with Gasteiger partial charge in [0.1, 0.15) is 6.10 Å². The van der Waals surface area contributed by atoms with Gasteiger partial charge in [0.2, 0.25) is 0 Å². The van der Waals surface area contributed by atoms with E-state index in [1.54, 1.807) is 31.4 Å². The molecular weight excluding hydrogens is 292 g/mol. The third kappa shape index (κ3) is 4.54. The molecule has 1 aliphatic rings. The van der Waals surface area contributed by atoms with Gasteiger partial charge in [-0.2, -0.15) is 0 Å². The first-order valence-corrected chi connectivity index (χ1v) is 8.95. The highest BCUT2D eigenvalue weighted by molar-refractivity contribution is 7.89. The fourth-order valence-electron chi connectivity index (χ4n) is 2.54. The maximum absolute atomic E-state index is 12.1. The molecule has 0 bridgehead atoms. The van der Waals surface area contributed by atoms with Crippen LogP contribution in [0.5, 0.6) is 0 Å². The summed E-state index contributed by atoms with van der Waals surface area (Å²) in [4.78, 5) is 12.1. The van der Waals surface area contributed by atoms with Crippen molar-refractivity contribution in [2.24, 2.45) is 0 Å². The molecule has 0 aliphatic heterocycles. The van der Waals surface area contributed by atoms with Gasteiger partial charge in [-0.25, -0.2) is 13.2 Å². The van der Waals surface area contributed by atoms with E-state index in [-0.39, 0.29) is 18.0 Å². The van der Waals surface area contributed by atoms with Gasteiger partial charge >= 0.3 is 5.97 Å². The van der Waals surface area contributed by atoms with E-state index in [4.69, 9.17) is 9.47 Å². The maximum Gasteiger partial charge on any atom is 0.338 e. The van der Waals surface area contributed by atoms with E-state index >= 15 is 0 Å². The lowest BCUT2D eigenvalue weighted by Crippen LogP contribution is -2.27. The van der Waals surface area contributed by atoms with E-state index in [0.29, 0.717) is 11.1 Å². The molecule has 116 valence electrons. The molecule has 1 fully saturated rings. The number of benzene rings is 1. The largest absolute Gasteiger partial charge is 0.456 e. The smallest absolute Gasteiger partial charge is 0.338 e. The van der Waals surface area contributed by atoms with Gasteiger partial charge < -0.3 is 9.47 Å². The van der Waals surface area contributed by atoms with Crippen LogP contribution in [0.3, 0.4) is 0 Å². The van der Waals surface area contributed by atoms with Gasteiger partial charge in [0, 0.05) is 13.4 Å². The molecule has 0 radical (unpaired) electrons. The fraction of sp³-hybridized carbons (Fsp3) is 0.533. The minimum Gasteiger partial charge on any atom is -0.456 e. The molecule has 21 heavy (non-hydrogen) atoms. The molecule has 0 aromatic heterocycles. The van der Waals surface area contributed by atoms with Gasteiger partial charge in [-0.1, -0.05) is 12.1 Å². The van der Waals surface area contributed by atoms with Gasteiger partial charge in [0.25, 0.3) is 0 Å². The Balaban J connectivity index is 2.00. The van der Waals surface area contributed by atoms with Gasteiger partial charge in [-0.05, 0) is 37.0 Å². The highest BCUT2D eigenvalue weighted by atomic mass is 32.2. The Morgan fingerprint density at radius 2 is 1.81 bits per heavy atom. The van der Waals surface area contributed by atoms with Gasteiger partial charge in [0.15, 0.2) is 9.84 Å². The molecule has 0 saturated heterocycles. The summed E-state index contributed by atoms with van der Waals surface area (Å²) >= 11 is 0. The highest BCUT2D eigenvalue weighted by Crippen LogP contribution is 2.25. The zero-order valence-electron chi connectivity index (χ0n) is 12.2. The predicted molar refractivity (Wildman–Crippen MR) is 78.8 cm³/mol. The van der Waals surface area contributed by atoms with E-state index in [2.05, 4.69) is 0 Å². The van der Waals surface area contributed by atoms with Gasteiger partial charge in [-0.15, -0.1) is 0 Å². The lowest BCUT2D eigenvalue weighted by molar-refractivity contribution is -0.0206. The molecule has 0 amide bonds. The SMILES string of the molecule is CO[C@@H]1CCC[C@@H]1OC(=O)c1ccc(CS(C)(=O)=O)cc1. The molecule has 0 heterocycles. The highest BCUT2D eigenvalue weighted by Gasteiger charge is 2.30. The first-order valence-electron chi connectivity index (χ1n) is 6.89. The van der Waals surface area contributed by atoms with Crippen LogP contribution in [0, 0.1) is 0 Å². The van der Waals surface area contributed by atoms with E-state index < -0.39 is 15.8 Å². The third-order valence-corrected chi connectivity index (χ3v) is 4.43. The summed E-state index contributed by atoms with van der Waals surface area (Å²) in [6, 6.07) is 6.47. The number of esters is 1. The van der Waals surface area contributed by atoms with Crippen molar-refractivity contribution in [1.29, 1.82) is 0 Å². The number of carbonyl (C=O) groups excluding carboxylic acids is 1. The van der Waals surface area contributed by atoms with Crippen LogP contribution in [0.1, 0.15) is 35.2 Å². The molecule has 0 spiro atoms. The Bertz CT molecular complexity index is 591. The number of hydrogen-bond donors (Lipinski definition) is 0. The predicted octanol–water partition coefficient (Wildman–Crippen LogP) is 1.96. The molecule has 1 aromatic rings. The summed E-state index contributed by atoms with van der Waals surface area (Å²) in [5, 5.41) is 0. The molecule has 1 aliphatic carbocycles. The molecule has 2 atom stereocenters. The molecule has 0 N–H and O–H groups in total. The number of sulfone groups is 1. The Kier molecular flexibility index (Phi) is 5.00. The van der Waals surface area contributed by atoms with Crippen molar-refractivity contribution in [3.8, 4) is 0 Å². The fourth-order valence-corrected chi connectivity index (χ4v) is 3.34. The van der Waals surface area contributed by atoms with Crippen LogP contribution in [0.2, 0.25) is 0 Å². The first kappa shape index (κ1) is 16.0. The number of carbonyl (C=O) groups is 1. The van der Waals surface area contributed by atoms with Gasteiger partial charge in [-0.3, -0.25) is 0 Å². The zero-order valence-corrected chi connectivity index (χ0v) is 13.1. The zero-order chi connectivity index (χ0) is 15.5.